The van der Waals surface area contributed by atoms with Crippen molar-refractivity contribution in [2.75, 3.05) is 18.5 Å². The molecule has 0 aromatic heterocycles. The normalized spacial score (nSPS) is 15.2. The Labute approximate surface area is 91.4 Å². The van der Waals surface area contributed by atoms with Crippen LogP contribution in [0.3, 0.4) is 0 Å². The number of benzene rings is 1. The van der Waals surface area contributed by atoms with Crippen LogP contribution >= 0.6 is 0 Å². The molecule has 88 valence electrons. The molecule has 1 aliphatic rings. The van der Waals surface area contributed by atoms with Crippen LogP contribution in [0.1, 0.15) is 12.0 Å². The summed E-state index contributed by atoms with van der Waals surface area (Å²) >= 11 is 0. The summed E-state index contributed by atoms with van der Waals surface area (Å²) in [4.78, 5) is 0. The molecule has 0 unspecified atom stereocenters. The topological polar surface area (TPSA) is 21.3 Å². The van der Waals surface area contributed by atoms with E-state index in [9.17, 15) is 13.2 Å². The van der Waals surface area contributed by atoms with E-state index < -0.39 is 12.7 Å². The van der Waals surface area contributed by atoms with Crippen molar-refractivity contribution >= 4 is 5.69 Å². The Hall–Kier alpha value is -1.39. The SMILES string of the molecule is FC(F)(F)CNc1ccc2c(c1)CCCO2. The zero-order valence-corrected chi connectivity index (χ0v) is 8.60. The molecule has 16 heavy (non-hydrogen) atoms. The van der Waals surface area contributed by atoms with Gasteiger partial charge in [-0.15, -0.1) is 0 Å². The average molecular weight is 231 g/mol. The van der Waals surface area contributed by atoms with Crippen LogP contribution in [0.15, 0.2) is 18.2 Å². The average Bonchev–Trinajstić information content (AvgIpc) is 2.25. The lowest BCUT2D eigenvalue weighted by Gasteiger charge is -2.18. The lowest BCUT2D eigenvalue weighted by Crippen LogP contribution is -2.21. The van der Waals surface area contributed by atoms with Crippen molar-refractivity contribution < 1.29 is 17.9 Å². The molecule has 0 spiro atoms. The Morgan fingerprint density at radius 2 is 2.12 bits per heavy atom. The molecule has 5 heteroatoms. The largest absolute Gasteiger partial charge is 0.493 e. The second kappa shape index (κ2) is 4.23. The molecule has 1 heterocycles. The van der Waals surface area contributed by atoms with Gasteiger partial charge in [-0.05, 0) is 36.6 Å². The van der Waals surface area contributed by atoms with Gasteiger partial charge in [0.05, 0.1) is 6.61 Å². The summed E-state index contributed by atoms with van der Waals surface area (Å²) in [6.07, 6.45) is -2.42. The molecule has 0 saturated carbocycles. The predicted molar refractivity (Wildman–Crippen MR) is 54.8 cm³/mol. The highest BCUT2D eigenvalue weighted by Crippen LogP contribution is 2.28. The first-order valence-corrected chi connectivity index (χ1v) is 5.11. The summed E-state index contributed by atoms with van der Waals surface area (Å²) < 4.78 is 41.4. The van der Waals surface area contributed by atoms with E-state index >= 15 is 0 Å². The quantitative estimate of drug-likeness (QED) is 0.844. The third-order valence-corrected chi connectivity index (χ3v) is 2.40. The van der Waals surface area contributed by atoms with Crippen LogP contribution in [-0.2, 0) is 6.42 Å². The number of alkyl halides is 3. The first-order chi connectivity index (χ1) is 7.54. The van der Waals surface area contributed by atoms with E-state index in [1.54, 1.807) is 18.2 Å². The predicted octanol–water partition coefficient (Wildman–Crippen LogP) is 2.99. The van der Waals surface area contributed by atoms with Crippen LogP contribution < -0.4 is 10.1 Å². The molecule has 1 aromatic rings. The van der Waals surface area contributed by atoms with E-state index in [4.69, 9.17) is 4.74 Å². The molecule has 2 nitrogen and oxygen atoms in total. The highest BCUT2D eigenvalue weighted by atomic mass is 19.4. The van der Waals surface area contributed by atoms with Gasteiger partial charge in [-0.25, -0.2) is 0 Å². The van der Waals surface area contributed by atoms with Gasteiger partial charge in [-0.2, -0.15) is 13.2 Å². The molecule has 1 aromatic carbocycles. The number of fused-ring (bicyclic) bond motifs is 1. The standard InChI is InChI=1S/C11H12F3NO/c12-11(13,14)7-15-9-3-4-10-8(6-9)2-1-5-16-10/h3-4,6,15H,1-2,5,7H2. The van der Waals surface area contributed by atoms with Crippen LogP contribution in [-0.4, -0.2) is 19.3 Å². The minimum absolute atomic E-state index is 0.488. The second-order valence-corrected chi connectivity index (χ2v) is 3.74. The second-order valence-electron chi connectivity index (χ2n) is 3.74. The van der Waals surface area contributed by atoms with E-state index in [2.05, 4.69) is 5.32 Å². The minimum atomic E-state index is -4.19. The van der Waals surface area contributed by atoms with Crippen LogP contribution in [0, 0.1) is 0 Å². The summed E-state index contributed by atoms with van der Waals surface area (Å²) in [6.45, 7) is -0.324. The maximum atomic E-state index is 12.0. The lowest BCUT2D eigenvalue weighted by molar-refractivity contribution is -0.115. The van der Waals surface area contributed by atoms with Gasteiger partial charge in [-0.3, -0.25) is 0 Å². The zero-order valence-electron chi connectivity index (χ0n) is 8.60. The van der Waals surface area contributed by atoms with Gasteiger partial charge in [0.15, 0.2) is 0 Å². The number of anilines is 1. The number of hydrogen-bond donors (Lipinski definition) is 1. The molecule has 0 amide bonds. The van der Waals surface area contributed by atoms with Crippen molar-refractivity contribution in [2.24, 2.45) is 0 Å². The van der Waals surface area contributed by atoms with E-state index in [0.29, 0.717) is 12.3 Å². The monoisotopic (exact) mass is 231 g/mol. The van der Waals surface area contributed by atoms with Gasteiger partial charge in [0.25, 0.3) is 0 Å². The smallest absolute Gasteiger partial charge is 0.405 e. The van der Waals surface area contributed by atoms with Gasteiger partial charge in [0, 0.05) is 5.69 Å². The first-order valence-electron chi connectivity index (χ1n) is 5.11. The highest BCUT2D eigenvalue weighted by molar-refractivity contribution is 5.51. The van der Waals surface area contributed by atoms with Crippen LogP contribution in [0.2, 0.25) is 0 Å². The molecule has 0 fully saturated rings. The van der Waals surface area contributed by atoms with E-state index in [0.717, 1.165) is 24.2 Å². The van der Waals surface area contributed by atoms with Crippen molar-refractivity contribution in [3.63, 3.8) is 0 Å². The zero-order chi connectivity index (χ0) is 11.6. The van der Waals surface area contributed by atoms with Gasteiger partial charge in [0.1, 0.15) is 12.3 Å². The maximum Gasteiger partial charge on any atom is 0.405 e. The number of rotatable bonds is 2. The van der Waals surface area contributed by atoms with Crippen LogP contribution in [0.4, 0.5) is 18.9 Å². The van der Waals surface area contributed by atoms with Crippen LogP contribution in [0.5, 0.6) is 5.75 Å². The summed E-state index contributed by atoms with van der Waals surface area (Å²) in [5, 5.41) is 2.35. The van der Waals surface area contributed by atoms with Crippen molar-refractivity contribution in [3.8, 4) is 5.75 Å². The Morgan fingerprint density at radius 1 is 1.31 bits per heavy atom. The fourth-order valence-electron chi connectivity index (χ4n) is 1.67. The molecule has 1 aliphatic heterocycles. The molecule has 0 atom stereocenters. The lowest BCUT2D eigenvalue weighted by atomic mass is 10.1. The molecular weight excluding hydrogens is 219 g/mol. The van der Waals surface area contributed by atoms with Crippen molar-refractivity contribution in [1.82, 2.24) is 0 Å². The Morgan fingerprint density at radius 3 is 2.88 bits per heavy atom. The Bertz CT molecular complexity index is 376. The number of ether oxygens (including phenoxy) is 1. The first kappa shape index (κ1) is 11.1. The summed E-state index contributed by atoms with van der Waals surface area (Å²) in [6, 6.07) is 5.04. The minimum Gasteiger partial charge on any atom is -0.493 e. The van der Waals surface area contributed by atoms with E-state index in [1.807, 2.05) is 0 Å². The fraction of sp³-hybridized carbons (Fsp3) is 0.455. The third kappa shape index (κ3) is 2.81. The van der Waals surface area contributed by atoms with Gasteiger partial charge < -0.3 is 10.1 Å². The highest BCUT2D eigenvalue weighted by Gasteiger charge is 2.26. The van der Waals surface area contributed by atoms with E-state index in [1.165, 1.54) is 0 Å². The summed E-state index contributed by atoms with van der Waals surface area (Å²) in [7, 11) is 0. The fourth-order valence-corrected chi connectivity index (χ4v) is 1.67. The van der Waals surface area contributed by atoms with Gasteiger partial charge in [-0.1, -0.05) is 0 Å². The Kier molecular flexibility index (Phi) is 2.94. The molecule has 0 saturated heterocycles. The summed E-state index contributed by atoms with van der Waals surface area (Å²) in [5.74, 6) is 0.781. The molecule has 2 rings (SSSR count). The van der Waals surface area contributed by atoms with Gasteiger partial charge in [0.2, 0.25) is 0 Å². The van der Waals surface area contributed by atoms with Crippen LogP contribution in [0.25, 0.3) is 0 Å². The number of aryl methyl sites for hydroxylation is 1. The molecular formula is C11H12F3NO. The van der Waals surface area contributed by atoms with Crippen molar-refractivity contribution in [2.45, 2.75) is 19.0 Å². The maximum absolute atomic E-state index is 12.0. The number of hydrogen-bond acceptors (Lipinski definition) is 2. The van der Waals surface area contributed by atoms with Gasteiger partial charge >= 0.3 is 6.18 Å². The molecule has 1 N–H and O–H groups in total. The van der Waals surface area contributed by atoms with Crippen molar-refractivity contribution in [3.05, 3.63) is 23.8 Å². The number of halogens is 3. The molecule has 0 aliphatic carbocycles. The summed E-state index contributed by atoms with van der Waals surface area (Å²) in [5.41, 5.74) is 1.46. The Balaban J connectivity index is 2.06. The number of nitrogens with one attached hydrogen (secondary N) is 1. The molecule has 0 bridgehead atoms. The molecule has 0 radical (unpaired) electrons. The third-order valence-electron chi connectivity index (χ3n) is 2.40. The van der Waals surface area contributed by atoms with Crippen molar-refractivity contribution in [1.29, 1.82) is 0 Å². The van der Waals surface area contributed by atoms with E-state index in [-0.39, 0.29) is 0 Å².